The van der Waals surface area contributed by atoms with Crippen molar-refractivity contribution in [3.05, 3.63) is 102 Å². The van der Waals surface area contributed by atoms with Crippen LogP contribution in [0, 0.1) is 0 Å². The number of aliphatic carboxylic acids is 1. The number of pyridine rings is 1. The number of nitrogens with zero attached hydrogens (tertiary/aromatic N) is 3. The molecule has 5 heterocycles. The van der Waals surface area contributed by atoms with Crippen molar-refractivity contribution in [2.45, 2.75) is 34.6 Å². The highest BCUT2D eigenvalue weighted by molar-refractivity contribution is 8.01. The number of rotatable bonds is 11. The van der Waals surface area contributed by atoms with Crippen molar-refractivity contribution < 1.29 is 39.2 Å². The van der Waals surface area contributed by atoms with Crippen molar-refractivity contribution in [2.75, 3.05) is 23.4 Å². The van der Waals surface area contributed by atoms with E-state index in [0.717, 1.165) is 25.0 Å². The Morgan fingerprint density at radius 3 is 2.59 bits per heavy atom. The van der Waals surface area contributed by atoms with E-state index in [2.05, 4.69) is 20.6 Å². The van der Waals surface area contributed by atoms with Gasteiger partial charge in [-0.15, -0.1) is 23.1 Å². The molecule has 1 unspecified atom stereocenters. The van der Waals surface area contributed by atoms with Gasteiger partial charge in [-0.25, -0.2) is 9.97 Å². The van der Waals surface area contributed by atoms with E-state index in [4.69, 9.17) is 0 Å². The number of anilines is 1. The zero-order valence-corrected chi connectivity index (χ0v) is 29.2. The summed E-state index contributed by atoms with van der Waals surface area (Å²) in [5.74, 6) is -2.90. The molecule has 13 nitrogen and oxygen atoms in total. The third-order valence-electron chi connectivity index (χ3n) is 8.65. The number of likely N-dealkylation sites (tertiary alicyclic amines) is 1. The first-order chi connectivity index (χ1) is 24.7. The molecule has 0 saturated carbocycles. The molecule has 2 fully saturated rings. The molecule has 7 rings (SSSR count). The van der Waals surface area contributed by atoms with Crippen molar-refractivity contribution in [3.63, 3.8) is 0 Å². The third kappa shape index (κ3) is 7.20. The van der Waals surface area contributed by atoms with Crippen LogP contribution in [-0.4, -0.2) is 79.0 Å². The number of carbonyl (C=O) groups excluding carboxylic acids is 5. The lowest BCUT2D eigenvalue weighted by atomic mass is 10.0. The molecule has 3 atom stereocenters. The predicted octanol–water partition coefficient (Wildman–Crippen LogP) is 2.24. The molecular formula is C35H30N6O7S3. The molecule has 51 heavy (non-hydrogen) atoms. The van der Waals surface area contributed by atoms with Gasteiger partial charge in [0.2, 0.25) is 17.7 Å². The zero-order valence-electron chi connectivity index (χ0n) is 26.7. The van der Waals surface area contributed by atoms with Gasteiger partial charge in [-0.05, 0) is 60.0 Å². The number of para-hydroxylation sites is 1. The minimum Gasteiger partial charge on any atom is -0.543 e. The number of carboxylic acid groups (broad SMARTS) is 1. The highest BCUT2D eigenvalue weighted by Gasteiger charge is 2.52. The number of carboxylic acids is 1. The third-order valence-corrected chi connectivity index (χ3v) is 12.1. The van der Waals surface area contributed by atoms with Gasteiger partial charge in [-0.2, -0.15) is 0 Å². The second-order valence-corrected chi connectivity index (χ2v) is 15.3. The van der Waals surface area contributed by atoms with E-state index in [1.807, 2.05) is 24.3 Å². The van der Waals surface area contributed by atoms with Crippen LogP contribution in [0.2, 0.25) is 0 Å². The van der Waals surface area contributed by atoms with Crippen molar-refractivity contribution in [2.24, 2.45) is 0 Å². The minimum atomic E-state index is -1.55. The van der Waals surface area contributed by atoms with Crippen LogP contribution in [0.5, 0.6) is 5.75 Å². The summed E-state index contributed by atoms with van der Waals surface area (Å²) in [6.07, 6.45) is 5.15. The van der Waals surface area contributed by atoms with Crippen molar-refractivity contribution in [3.8, 4) is 5.75 Å². The Kier molecular flexibility index (Phi) is 9.79. The fraction of sp³-hybridized carbons (Fsp3) is 0.229. The van der Waals surface area contributed by atoms with Gasteiger partial charge in [0.1, 0.15) is 17.2 Å². The number of amides is 4. The lowest BCUT2D eigenvalue weighted by Gasteiger charge is -2.50. The molecule has 0 radical (unpaired) electrons. The fourth-order valence-corrected chi connectivity index (χ4v) is 9.42. The molecule has 4 aromatic rings. The molecule has 16 heteroatoms. The van der Waals surface area contributed by atoms with Gasteiger partial charge in [0.15, 0.2) is 16.7 Å². The van der Waals surface area contributed by atoms with Crippen LogP contribution in [0.1, 0.15) is 24.4 Å². The Morgan fingerprint density at radius 1 is 1.08 bits per heavy atom. The van der Waals surface area contributed by atoms with Gasteiger partial charge in [-0.3, -0.25) is 24.1 Å². The zero-order chi connectivity index (χ0) is 35.6. The van der Waals surface area contributed by atoms with Crippen molar-refractivity contribution in [1.29, 1.82) is 0 Å². The molecule has 0 spiro atoms. The standard InChI is InChI=1S/C35H30N6O7S3/c42-23-7-5-22(6-8-23)37-27(43)16-25(19-9-12-36-13-10-19)40-14-11-20(31(40)45)15-21-17-49-33-29(32(46)41(33)30(21)34(47)48)39-28(44)18-50-35-38-24-3-1-2-4-26(24)51-35/h1-10,12-13,15,25,29,33,42H,11,14,16-18H2,(H,37,43)(H,39,44)(H,47,48)/b20-15+/t25?,29-,33-/m1/s1. The minimum absolute atomic E-state index is 0.0425. The highest BCUT2D eigenvalue weighted by Crippen LogP contribution is 2.42. The molecule has 3 aliphatic heterocycles. The molecule has 0 bridgehead atoms. The normalized spacial score (nSPS) is 20.0. The number of phenols is 1. The second-order valence-electron chi connectivity index (χ2n) is 11.9. The Bertz CT molecular complexity index is 2070. The van der Waals surface area contributed by atoms with Crippen LogP contribution in [0.15, 0.2) is 100 Å². The Balaban J connectivity index is 1.03. The number of thioether (sulfide) groups is 2. The molecule has 4 N–H and O–H groups in total. The van der Waals surface area contributed by atoms with Gasteiger partial charge in [-0.1, -0.05) is 23.9 Å². The average Bonchev–Trinajstić information content (AvgIpc) is 3.72. The summed E-state index contributed by atoms with van der Waals surface area (Å²) in [6.45, 7) is 0.288. The van der Waals surface area contributed by atoms with Gasteiger partial charge >= 0.3 is 0 Å². The maximum absolute atomic E-state index is 13.8. The van der Waals surface area contributed by atoms with Crippen LogP contribution in [-0.2, 0) is 24.0 Å². The van der Waals surface area contributed by atoms with Crippen LogP contribution < -0.4 is 20.7 Å². The topological polar surface area (TPSA) is 186 Å². The maximum atomic E-state index is 13.8. The molecule has 260 valence electrons. The number of fused-ring (bicyclic) bond motifs is 2. The molecule has 3 aliphatic rings. The van der Waals surface area contributed by atoms with E-state index in [1.54, 1.807) is 41.6 Å². The summed E-state index contributed by atoms with van der Waals surface area (Å²) >= 11 is 4.03. The molecule has 2 aromatic heterocycles. The number of β-lactam (4-membered cyclic amide) rings is 1. The molecular weight excluding hydrogens is 713 g/mol. The number of aromatic amines is 1. The lowest BCUT2D eigenvalue weighted by Crippen LogP contribution is -2.71. The van der Waals surface area contributed by atoms with Crippen molar-refractivity contribution in [1.82, 2.24) is 20.1 Å². The quantitative estimate of drug-likeness (QED) is 0.0891. The predicted molar refractivity (Wildman–Crippen MR) is 189 cm³/mol. The molecule has 2 saturated heterocycles. The SMILES string of the molecule is O=C(CC(c1cc[nH+]cc1)N1CC/C(=C\C2=C(C(=O)[O-])N3C(=O)[C@@H](NC(=O)CSc4nc5ccccc5s4)[C@H]3SC2)C1=O)Nc1ccc(O)cc1. The van der Waals surface area contributed by atoms with Gasteiger partial charge in [0, 0.05) is 35.7 Å². The van der Waals surface area contributed by atoms with Crippen LogP contribution in [0.25, 0.3) is 10.2 Å². The fourth-order valence-electron chi connectivity index (χ4n) is 6.24. The Labute approximate surface area is 303 Å². The number of hydrogen-bond acceptors (Lipinski definition) is 11. The van der Waals surface area contributed by atoms with E-state index in [1.165, 1.54) is 53.1 Å². The lowest BCUT2D eigenvalue weighted by molar-refractivity contribution is -0.378. The number of nitrogens with one attached hydrogen (secondary N) is 3. The van der Waals surface area contributed by atoms with E-state index >= 15 is 0 Å². The van der Waals surface area contributed by atoms with E-state index < -0.39 is 29.3 Å². The first kappa shape index (κ1) is 34.3. The number of allylic oxidation sites excluding steroid dienone is 1. The monoisotopic (exact) mass is 742 g/mol. The molecule has 4 amide bonds. The smallest absolute Gasteiger partial charge is 0.253 e. The van der Waals surface area contributed by atoms with Gasteiger partial charge in [0.05, 0.1) is 40.1 Å². The molecule has 2 aromatic carbocycles. The Hall–Kier alpha value is -5.19. The number of H-pyrrole nitrogens is 1. The van der Waals surface area contributed by atoms with Crippen LogP contribution in [0.3, 0.4) is 0 Å². The average molecular weight is 743 g/mol. The molecule has 0 aliphatic carbocycles. The number of thiazole rings is 1. The first-order valence-electron chi connectivity index (χ1n) is 15.9. The number of carbonyl (C=O) groups is 5. The number of benzene rings is 2. The largest absolute Gasteiger partial charge is 0.543 e. The van der Waals surface area contributed by atoms with Crippen LogP contribution >= 0.6 is 34.9 Å². The number of aromatic nitrogens is 2. The van der Waals surface area contributed by atoms with E-state index in [9.17, 15) is 34.2 Å². The maximum Gasteiger partial charge on any atom is 0.253 e. The summed E-state index contributed by atoms with van der Waals surface area (Å²) in [7, 11) is 0. The summed E-state index contributed by atoms with van der Waals surface area (Å²) < 4.78 is 1.73. The van der Waals surface area contributed by atoms with Crippen molar-refractivity contribution >= 4 is 80.4 Å². The number of hydrogen-bond donors (Lipinski definition) is 3. The van der Waals surface area contributed by atoms with Gasteiger partial charge < -0.3 is 30.5 Å². The van der Waals surface area contributed by atoms with E-state index in [-0.39, 0.29) is 59.2 Å². The number of phenolic OH excluding ortho intramolecular Hbond substituents is 1. The Morgan fingerprint density at radius 2 is 1.84 bits per heavy atom. The van der Waals surface area contributed by atoms with Gasteiger partial charge in [0.25, 0.3) is 5.91 Å². The summed E-state index contributed by atoms with van der Waals surface area (Å²) in [5.41, 5.74) is 2.36. The summed E-state index contributed by atoms with van der Waals surface area (Å²) in [5, 5.41) is 26.9. The van der Waals surface area contributed by atoms with E-state index in [0.29, 0.717) is 17.7 Å². The summed E-state index contributed by atoms with van der Waals surface area (Å²) in [4.78, 5) is 75.5. The number of aromatic hydroxyl groups is 1. The highest BCUT2D eigenvalue weighted by atomic mass is 32.2. The summed E-state index contributed by atoms with van der Waals surface area (Å²) in [6, 6.07) is 15.8. The van der Waals surface area contributed by atoms with Crippen LogP contribution in [0.4, 0.5) is 5.69 Å². The second kappa shape index (κ2) is 14.6. The first-order valence-corrected chi connectivity index (χ1v) is 18.7.